The van der Waals surface area contributed by atoms with Gasteiger partial charge >= 0.3 is 26.2 Å². The molecule has 0 saturated carbocycles. The summed E-state index contributed by atoms with van der Waals surface area (Å²) in [5.41, 5.74) is 7.17. The van der Waals surface area contributed by atoms with Crippen LogP contribution in [0.1, 0.15) is 16.7 Å². The van der Waals surface area contributed by atoms with Crippen molar-refractivity contribution in [2.45, 2.75) is 12.8 Å². The number of benzene rings is 2. The molecule has 2 aromatic carbocycles. The third-order valence-corrected chi connectivity index (χ3v) is 5.60. The van der Waals surface area contributed by atoms with Gasteiger partial charge in [0.25, 0.3) is 0 Å². The number of halogens is 4. The molecule has 0 bridgehead atoms. The summed E-state index contributed by atoms with van der Waals surface area (Å²) in [6.45, 7) is 0. The van der Waals surface area contributed by atoms with Crippen molar-refractivity contribution in [1.82, 2.24) is 0 Å². The van der Waals surface area contributed by atoms with Gasteiger partial charge in [-0.25, -0.2) is 0 Å². The van der Waals surface area contributed by atoms with E-state index in [0.29, 0.717) is 5.92 Å². The maximum absolute atomic E-state index is 3.76. The minimum atomic E-state index is 0. The van der Waals surface area contributed by atoms with E-state index in [1.165, 1.54) is 32.3 Å². The molecule has 0 saturated heterocycles. The first kappa shape index (κ1) is 22.4. The summed E-state index contributed by atoms with van der Waals surface area (Å²) >= 11 is 7.35. The molecule has 0 atom stereocenters. The van der Waals surface area contributed by atoms with Gasteiger partial charge in [-0.3, -0.25) is 0 Å². The Kier molecular flexibility index (Phi) is 8.70. The minimum absolute atomic E-state index is 0. The Morgan fingerprint density at radius 1 is 0.917 bits per heavy atom. The topological polar surface area (TPSA) is 0 Å². The molecule has 2 aliphatic carbocycles. The fourth-order valence-electron chi connectivity index (χ4n) is 3.35. The van der Waals surface area contributed by atoms with Crippen LogP contribution >= 0.6 is 31.9 Å². The molecule has 0 unspecified atom stereocenters. The summed E-state index contributed by atoms with van der Waals surface area (Å²) in [4.78, 5) is 0. The fourth-order valence-corrected chi connectivity index (χ4v) is 4.29. The van der Waals surface area contributed by atoms with Crippen LogP contribution in [0.4, 0.5) is 0 Å². The first-order chi connectivity index (χ1) is 10.2. The van der Waals surface area contributed by atoms with Crippen LogP contribution in [-0.4, -0.2) is 0 Å². The fraction of sp³-hybridized carbons (Fsp3) is 0.158. The van der Waals surface area contributed by atoms with Crippen LogP contribution < -0.4 is 24.8 Å². The normalized spacial score (nSPS) is 13.6. The summed E-state index contributed by atoms with van der Waals surface area (Å²) in [6.07, 6.45) is 11.0. The van der Waals surface area contributed by atoms with Gasteiger partial charge in [0.1, 0.15) is 0 Å². The van der Waals surface area contributed by atoms with Crippen LogP contribution in [0.25, 0.3) is 11.1 Å². The molecule has 0 amide bonds. The average Bonchev–Trinajstić information content (AvgIpc) is 3.08. The van der Waals surface area contributed by atoms with Crippen molar-refractivity contribution in [3.8, 4) is 11.1 Å². The van der Waals surface area contributed by atoms with E-state index in [-0.39, 0.29) is 51.0 Å². The van der Waals surface area contributed by atoms with E-state index in [9.17, 15) is 0 Å². The molecule has 4 rings (SSSR count). The molecule has 0 N–H and O–H groups in total. The second-order valence-electron chi connectivity index (χ2n) is 5.67. The van der Waals surface area contributed by atoms with Crippen molar-refractivity contribution in [3.05, 3.63) is 80.3 Å². The number of hydrogen-bond donors (Lipinski definition) is 0. The van der Waals surface area contributed by atoms with Gasteiger partial charge in [0.05, 0.1) is 0 Å². The summed E-state index contributed by atoms with van der Waals surface area (Å²) in [5, 5.41) is 0. The van der Waals surface area contributed by atoms with Gasteiger partial charge < -0.3 is 24.8 Å². The van der Waals surface area contributed by atoms with Crippen molar-refractivity contribution >= 4 is 31.9 Å². The Hall–Kier alpha value is 0.343. The predicted octanol–water partition coefficient (Wildman–Crippen LogP) is 0.0730. The molecule has 0 spiro atoms. The van der Waals surface area contributed by atoms with Crippen molar-refractivity contribution in [2.75, 3.05) is 0 Å². The SMILES string of the molecule is Brc1ccc2c(c1)Cc1c-2ccc(Br)c1CC1C=CC=C1.[Cl-].[Cl-].[Zr+2]. The van der Waals surface area contributed by atoms with Crippen LogP contribution in [0.15, 0.2) is 63.6 Å². The van der Waals surface area contributed by atoms with Gasteiger partial charge in [-0.15, -0.1) is 0 Å². The average molecular weight is 564 g/mol. The summed E-state index contributed by atoms with van der Waals surface area (Å²) in [6, 6.07) is 11.1. The largest absolute Gasteiger partial charge is 2.00 e. The molecular formula is C19H14Br2Cl2Zr. The Labute approximate surface area is 191 Å². The zero-order chi connectivity index (χ0) is 14.4. The Morgan fingerprint density at radius 3 is 2.29 bits per heavy atom. The zero-order valence-corrected chi connectivity index (χ0v) is 19.8. The zero-order valence-electron chi connectivity index (χ0n) is 12.7. The van der Waals surface area contributed by atoms with Crippen molar-refractivity contribution in [2.24, 2.45) is 5.92 Å². The summed E-state index contributed by atoms with van der Waals surface area (Å²) in [5.74, 6) is 0.531. The van der Waals surface area contributed by atoms with Crippen LogP contribution in [0, 0.1) is 5.92 Å². The monoisotopic (exact) mass is 560 g/mol. The molecule has 0 aromatic heterocycles. The molecule has 0 nitrogen and oxygen atoms in total. The van der Waals surface area contributed by atoms with Crippen molar-refractivity contribution in [3.63, 3.8) is 0 Å². The molecule has 0 aliphatic heterocycles. The summed E-state index contributed by atoms with van der Waals surface area (Å²) in [7, 11) is 0. The van der Waals surface area contributed by atoms with E-state index >= 15 is 0 Å². The van der Waals surface area contributed by atoms with Crippen molar-refractivity contribution < 1.29 is 51.0 Å². The summed E-state index contributed by atoms with van der Waals surface area (Å²) < 4.78 is 2.40. The van der Waals surface area contributed by atoms with Gasteiger partial charge in [0.15, 0.2) is 0 Å². The first-order valence-corrected chi connectivity index (χ1v) is 8.75. The Morgan fingerprint density at radius 2 is 1.58 bits per heavy atom. The molecule has 0 radical (unpaired) electrons. The van der Waals surface area contributed by atoms with Gasteiger partial charge in [-0.1, -0.05) is 68.3 Å². The molecule has 2 aliphatic rings. The smallest absolute Gasteiger partial charge is 1.00 e. The van der Waals surface area contributed by atoms with Crippen molar-refractivity contribution in [1.29, 1.82) is 0 Å². The van der Waals surface area contributed by atoms with E-state index in [4.69, 9.17) is 0 Å². The minimum Gasteiger partial charge on any atom is -1.00 e. The first-order valence-electron chi connectivity index (χ1n) is 7.16. The third kappa shape index (κ3) is 4.18. The quantitative estimate of drug-likeness (QED) is 0.414. The van der Waals surface area contributed by atoms with Crippen LogP contribution in [0.3, 0.4) is 0 Å². The Bertz CT molecular complexity index is 788. The molecule has 24 heavy (non-hydrogen) atoms. The van der Waals surface area contributed by atoms with Crippen LogP contribution in [0.2, 0.25) is 0 Å². The van der Waals surface area contributed by atoms with Gasteiger partial charge in [-0.2, -0.15) is 0 Å². The maximum atomic E-state index is 3.76. The number of rotatable bonds is 2. The predicted molar refractivity (Wildman–Crippen MR) is 95.6 cm³/mol. The molecule has 0 fully saturated rings. The number of allylic oxidation sites excluding steroid dienone is 4. The van der Waals surface area contributed by atoms with E-state index in [1.54, 1.807) is 0 Å². The number of fused-ring (bicyclic) bond motifs is 3. The second-order valence-corrected chi connectivity index (χ2v) is 7.44. The van der Waals surface area contributed by atoms with Gasteiger partial charge in [0.2, 0.25) is 0 Å². The Balaban J connectivity index is 0.000000960. The van der Waals surface area contributed by atoms with E-state index in [2.05, 4.69) is 86.5 Å². The van der Waals surface area contributed by atoms with Gasteiger partial charge in [0, 0.05) is 8.95 Å². The standard InChI is InChI=1S/C19H14Br2.2ClH.Zr/c20-14-5-6-15-13(10-14)11-17-16(15)7-8-19(21)18(17)9-12-3-1-2-4-12;;;/h1-8,10,12H,9,11H2;2*1H;/q;;;+2/p-2. The van der Waals surface area contributed by atoms with E-state index in [1.807, 2.05) is 0 Å². The molecule has 122 valence electrons. The van der Waals surface area contributed by atoms with Crippen LogP contribution in [-0.2, 0) is 39.0 Å². The van der Waals surface area contributed by atoms with E-state index in [0.717, 1.165) is 17.3 Å². The molecule has 2 aromatic rings. The molecule has 0 heterocycles. The molecular weight excluding hydrogens is 550 g/mol. The third-order valence-electron chi connectivity index (χ3n) is 4.37. The second kappa shape index (κ2) is 9.33. The van der Waals surface area contributed by atoms with E-state index < -0.39 is 0 Å². The van der Waals surface area contributed by atoms with Crippen LogP contribution in [0.5, 0.6) is 0 Å². The number of hydrogen-bond acceptors (Lipinski definition) is 0. The van der Waals surface area contributed by atoms with Gasteiger partial charge in [-0.05, 0) is 64.8 Å². The maximum Gasteiger partial charge on any atom is 2.00 e. The molecule has 5 heteroatoms.